The molecule has 7 aromatic rings. The molecule has 3 atom stereocenters. The molecule has 11 rings (SSSR count). The number of carbonyl (C=O) groups is 1. The predicted octanol–water partition coefficient (Wildman–Crippen LogP) is 8.02. The summed E-state index contributed by atoms with van der Waals surface area (Å²) in [6.07, 6.45) is 8.58. The van der Waals surface area contributed by atoms with Crippen LogP contribution in [0.1, 0.15) is 108 Å². The maximum Gasteiger partial charge on any atom is 0.438 e. The van der Waals surface area contributed by atoms with E-state index in [9.17, 15) is 14.2 Å². The monoisotopic (exact) mass is 884 g/mol. The maximum absolute atomic E-state index is 15.5. The molecule has 6 heterocycles. The SMILES string of the molecule is C[C@H]1c2c(nn(-c3ccc(F)c(C4CC4)c3)c2-n2ccn(-c3ccc(CP(C)(C)=O)cc3)c2=O)CCN1C(=O)c1cc2cc(C3CCOCC3)ccc2n1[C@@]1(c2noc(=O)[nH]2)C[C@@H]1C. The molecule has 16 heteroatoms. The quantitative estimate of drug-likeness (QED) is 0.136. The largest absolute Gasteiger partial charge is 0.438 e. The zero-order valence-electron chi connectivity index (χ0n) is 36.3. The number of hydrogen-bond acceptors (Lipinski definition) is 8. The van der Waals surface area contributed by atoms with Crippen LogP contribution in [-0.4, -0.2) is 77.5 Å². The summed E-state index contributed by atoms with van der Waals surface area (Å²) in [5.74, 6) is 0.222. The third kappa shape index (κ3) is 6.77. The molecular formula is C48H50FN8O6P. The highest BCUT2D eigenvalue weighted by Crippen LogP contribution is 2.56. The van der Waals surface area contributed by atoms with Gasteiger partial charge in [-0.15, -0.1) is 0 Å². The first-order valence-electron chi connectivity index (χ1n) is 22.3. The molecule has 3 fully saturated rings. The number of ether oxygens (including phenoxy) is 1. The highest BCUT2D eigenvalue weighted by molar-refractivity contribution is 7.61. The van der Waals surface area contributed by atoms with E-state index in [-0.39, 0.29) is 29.2 Å². The highest BCUT2D eigenvalue weighted by Gasteiger charge is 2.59. The Morgan fingerprint density at radius 1 is 0.922 bits per heavy atom. The Hall–Kier alpha value is -6.05. The number of halogens is 1. The van der Waals surface area contributed by atoms with Crippen molar-refractivity contribution in [2.24, 2.45) is 5.92 Å². The molecule has 330 valence electrons. The van der Waals surface area contributed by atoms with E-state index in [2.05, 4.69) is 39.8 Å². The fourth-order valence-electron chi connectivity index (χ4n) is 10.5. The summed E-state index contributed by atoms with van der Waals surface area (Å²) in [6.45, 7) is 9.32. The van der Waals surface area contributed by atoms with Gasteiger partial charge in [-0.1, -0.05) is 30.3 Å². The van der Waals surface area contributed by atoms with Gasteiger partial charge in [-0.3, -0.25) is 23.4 Å². The van der Waals surface area contributed by atoms with E-state index in [4.69, 9.17) is 14.4 Å². The lowest BCUT2D eigenvalue weighted by Gasteiger charge is -2.34. The number of amides is 1. The lowest BCUT2D eigenvalue weighted by atomic mass is 9.91. The molecule has 0 unspecified atom stereocenters. The van der Waals surface area contributed by atoms with E-state index in [0.29, 0.717) is 84.5 Å². The number of rotatable bonds is 10. The normalized spacial score (nSPS) is 21.4. The Bertz CT molecular complexity index is 3160. The van der Waals surface area contributed by atoms with Crippen LogP contribution in [0.2, 0.25) is 0 Å². The Balaban J connectivity index is 1.03. The minimum atomic E-state index is -2.30. The molecule has 1 saturated heterocycles. The first-order valence-corrected chi connectivity index (χ1v) is 25.0. The van der Waals surface area contributed by atoms with Crippen molar-refractivity contribution >= 4 is 24.0 Å². The zero-order chi connectivity index (χ0) is 44.2. The van der Waals surface area contributed by atoms with Crippen LogP contribution in [0.3, 0.4) is 0 Å². The van der Waals surface area contributed by atoms with Crippen molar-refractivity contribution in [3.8, 4) is 17.2 Å². The number of fused-ring (bicyclic) bond motifs is 2. The standard InChI is InChI=1S/C48H50FN8O6P/c1-28-26-48(28,45-50-46(59)63-52-45)56-40-14-9-33(31-16-21-62-22-17-31)23-34(40)24-41(56)44(58)53-18-15-39-42(29(53)2)43(57(51-39)36-12-13-38(49)37(25-36)32-7-8-32)55-20-19-54(47(55)60)35-10-5-30(6-11-35)27-64(3,4)61/h5-6,9-14,19-20,23-25,28-29,31-32H,7-8,15-18,21-22,26-27H2,1-4H3,(H,50,52,59)/t28-,29-,48-/m0/s1. The minimum absolute atomic E-state index is 0.0316. The smallest absolute Gasteiger partial charge is 0.381 e. The fourth-order valence-corrected chi connectivity index (χ4v) is 11.6. The van der Waals surface area contributed by atoms with E-state index >= 15 is 9.18 Å². The van der Waals surface area contributed by atoms with Crippen LogP contribution in [0.25, 0.3) is 28.1 Å². The van der Waals surface area contributed by atoms with Gasteiger partial charge in [-0.25, -0.2) is 18.7 Å². The maximum atomic E-state index is 15.5. The van der Waals surface area contributed by atoms with E-state index in [1.807, 2.05) is 48.2 Å². The van der Waals surface area contributed by atoms with Gasteiger partial charge < -0.3 is 18.8 Å². The minimum Gasteiger partial charge on any atom is -0.381 e. The number of carbonyl (C=O) groups excluding carboxylic acids is 1. The number of hydrogen-bond donors (Lipinski definition) is 1. The molecule has 2 saturated carbocycles. The molecule has 14 nitrogen and oxygen atoms in total. The van der Waals surface area contributed by atoms with E-state index in [1.54, 1.807) is 45.6 Å². The van der Waals surface area contributed by atoms with Gasteiger partial charge in [0.25, 0.3) is 5.91 Å². The number of nitrogens with one attached hydrogen (secondary N) is 1. The molecule has 2 aliphatic carbocycles. The molecule has 4 aliphatic rings. The summed E-state index contributed by atoms with van der Waals surface area (Å²) < 4.78 is 45.4. The molecule has 64 heavy (non-hydrogen) atoms. The molecular weight excluding hydrogens is 835 g/mol. The Kier molecular flexibility index (Phi) is 9.55. The number of imidazole rings is 1. The van der Waals surface area contributed by atoms with Gasteiger partial charge in [0.05, 0.1) is 30.3 Å². The number of H-pyrrole nitrogens is 1. The van der Waals surface area contributed by atoms with Gasteiger partial charge >= 0.3 is 11.4 Å². The van der Waals surface area contributed by atoms with Crippen LogP contribution in [0.4, 0.5) is 4.39 Å². The lowest BCUT2D eigenvalue weighted by Crippen LogP contribution is -2.41. The molecule has 2 aliphatic heterocycles. The predicted molar refractivity (Wildman–Crippen MR) is 239 cm³/mol. The second-order valence-electron chi connectivity index (χ2n) is 18.8. The van der Waals surface area contributed by atoms with E-state index < -0.39 is 24.5 Å². The summed E-state index contributed by atoms with van der Waals surface area (Å²) >= 11 is 0. The average molecular weight is 885 g/mol. The van der Waals surface area contributed by atoms with Crippen LogP contribution in [0.15, 0.2) is 93.2 Å². The summed E-state index contributed by atoms with van der Waals surface area (Å²) in [5.41, 5.74) is 5.61. The second-order valence-corrected chi connectivity index (χ2v) is 22.2. The van der Waals surface area contributed by atoms with Crippen molar-refractivity contribution in [3.63, 3.8) is 0 Å². The third-order valence-corrected chi connectivity index (χ3v) is 15.1. The fraction of sp³-hybridized carbons (Fsp3) is 0.396. The summed E-state index contributed by atoms with van der Waals surface area (Å²) in [5, 5.41) is 10.2. The van der Waals surface area contributed by atoms with Crippen molar-refractivity contribution in [1.29, 1.82) is 0 Å². The van der Waals surface area contributed by atoms with Gasteiger partial charge in [0, 0.05) is 61.2 Å². The Morgan fingerprint density at radius 3 is 2.34 bits per heavy atom. The van der Waals surface area contributed by atoms with Crippen molar-refractivity contribution in [3.05, 3.63) is 145 Å². The molecule has 1 N–H and O–H groups in total. The molecule has 1 amide bonds. The molecule has 0 bridgehead atoms. The number of benzene rings is 3. The topological polar surface area (TPSA) is 155 Å². The van der Waals surface area contributed by atoms with Crippen LogP contribution in [-0.2, 0) is 27.4 Å². The van der Waals surface area contributed by atoms with Gasteiger partial charge in [0.15, 0.2) is 5.82 Å². The van der Waals surface area contributed by atoms with Gasteiger partial charge in [-0.05, 0) is 135 Å². The lowest BCUT2D eigenvalue weighted by molar-refractivity contribution is 0.0663. The summed E-state index contributed by atoms with van der Waals surface area (Å²) in [7, 11) is -2.30. The first kappa shape index (κ1) is 40.7. The highest BCUT2D eigenvalue weighted by atomic mass is 31.2. The number of aromatic amines is 1. The second kappa shape index (κ2) is 15.0. The van der Waals surface area contributed by atoms with Gasteiger partial charge in [0.2, 0.25) is 0 Å². The Labute approximate surface area is 368 Å². The third-order valence-electron chi connectivity index (χ3n) is 14.0. The molecule has 4 aromatic heterocycles. The molecule has 0 radical (unpaired) electrons. The number of nitrogens with zero attached hydrogens (tertiary/aromatic N) is 7. The van der Waals surface area contributed by atoms with Gasteiger partial charge in [-0.2, -0.15) is 5.10 Å². The van der Waals surface area contributed by atoms with Gasteiger partial charge in [0.1, 0.15) is 22.9 Å². The van der Waals surface area contributed by atoms with Crippen molar-refractivity contribution in [1.82, 2.24) is 38.5 Å². The van der Waals surface area contributed by atoms with E-state index in [1.165, 1.54) is 11.6 Å². The Morgan fingerprint density at radius 2 is 1.66 bits per heavy atom. The zero-order valence-corrected chi connectivity index (χ0v) is 37.2. The molecule has 0 spiro atoms. The van der Waals surface area contributed by atoms with Crippen LogP contribution in [0.5, 0.6) is 0 Å². The number of aromatic nitrogens is 7. The van der Waals surface area contributed by atoms with Crippen LogP contribution < -0.4 is 11.4 Å². The summed E-state index contributed by atoms with van der Waals surface area (Å²) in [6, 6.07) is 20.3. The van der Waals surface area contributed by atoms with Crippen molar-refractivity contribution in [2.45, 2.75) is 82.0 Å². The van der Waals surface area contributed by atoms with E-state index in [0.717, 1.165) is 47.8 Å². The average Bonchev–Trinajstić information content (AvgIpc) is 3.99. The first-order chi connectivity index (χ1) is 30.8. The van der Waals surface area contributed by atoms with Crippen LogP contribution in [0, 0.1) is 11.7 Å². The van der Waals surface area contributed by atoms with Crippen molar-refractivity contribution in [2.75, 3.05) is 33.1 Å². The molecule has 3 aromatic carbocycles. The van der Waals surface area contributed by atoms with Crippen LogP contribution >= 0.6 is 7.14 Å². The van der Waals surface area contributed by atoms with Crippen molar-refractivity contribution < 1.29 is 23.0 Å². The summed E-state index contributed by atoms with van der Waals surface area (Å²) in [4.78, 5) is 47.2.